The van der Waals surface area contributed by atoms with E-state index in [-0.39, 0.29) is 12.1 Å². The van der Waals surface area contributed by atoms with E-state index in [1.165, 1.54) is 0 Å². The Bertz CT molecular complexity index is 886. The minimum absolute atomic E-state index is 0.122. The first-order valence-electron chi connectivity index (χ1n) is 7.32. The lowest BCUT2D eigenvalue weighted by Gasteiger charge is -2.27. The molecule has 1 aromatic carbocycles. The van der Waals surface area contributed by atoms with Crippen molar-refractivity contribution in [3.8, 4) is 11.1 Å². The van der Waals surface area contributed by atoms with E-state index < -0.39 is 0 Å². The monoisotopic (exact) mass is 305 g/mol. The number of amides is 1. The minimum atomic E-state index is -0.304. The van der Waals surface area contributed by atoms with Crippen molar-refractivity contribution >= 4 is 11.7 Å². The van der Waals surface area contributed by atoms with Crippen molar-refractivity contribution < 1.29 is 4.79 Å². The van der Waals surface area contributed by atoms with E-state index in [1.807, 2.05) is 43.7 Å². The van der Waals surface area contributed by atoms with Gasteiger partial charge in [-0.1, -0.05) is 18.2 Å². The molecule has 0 aliphatic carbocycles. The van der Waals surface area contributed by atoms with E-state index in [2.05, 4.69) is 20.7 Å². The number of aryl methyl sites for hydroxylation is 1. The summed E-state index contributed by atoms with van der Waals surface area (Å²) < 4.78 is 1.77. The SMILES string of the molecule is Cn1cc(-c2cccc([C@H]3NC(=O)c4cccnc4N3)c2)cn1. The second-order valence-corrected chi connectivity index (χ2v) is 5.48. The summed E-state index contributed by atoms with van der Waals surface area (Å²) >= 11 is 0. The van der Waals surface area contributed by atoms with Gasteiger partial charge in [-0.25, -0.2) is 4.98 Å². The Morgan fingerprint density at radius 3 is 2.87 bits per heavy atom. The Kier molecular flexibility index (Phi) is 3.08. The first kappa shape index (κ1) is 13.5. The summed E-state index contributed by atoms with van der Waals surface area (Å²) in [7, 11) is 1.89. The van der Waals surface area contributed by atoms with Crippen LogP contribution >= 0.6 is 0 Å². The zero-order valence-electron chi connectivity index (χ0n) is 12.5. The first-order valence-corrected chi connectivity index (χ1v) is 7.32. The highest BCUT2D eigenvalue weighted by Gasteiger charge is 2.25. The lowest BCUT2D eigenvalue weighted by Crippen LogP contribution is -2.38. The van der Waals surface area contributed by atoms with Gasteiger partial charge in [-0.05, 0) is 29.3 Å². The maximum absolute atomic E-state index is 12.2. The van der Waals surface area contributed by atoms with Gasteiger partial charge < -0.3 is 10.6 Å². The molecule has 1 atom stereocenters. The fourth-order valence-electron chi connectivity index (χ4n) is 2.72. The highest BCUT2D eigenvalue weighted by atomic mass is 16.2. The van der Waals surface area contributed by atoms with Crippen LogP contribution in [-0.2, 0) is 7.05 Å². The highest BCUT2D eigenvalue weighted by Crippen LogP contribution is 2.27. The van der Waals surface area contributed by atoms with E-state index >= 15 is 0 Å². The predicted molar refractivity (Wildman–Crippen MR) is 86.7 cm³/mol. The van der Waals surface area contributed by atoms with Crippen LogP contribution in [0.1, 0.15) is 22.1 Å². The Labute approximate surface area is 133 Å². The second kappa shape index (κ2) is 5.24. The molecular formula is C17H15N5O. The van der Waals surface area contributed by atoms with Gasteiger partial charge in [0.15, 0.2) is 0 Å². The average molecular weight is 305 g/mol. The molecule has 2 N–H and O–H groups in total. The Balaban J connectivity index is 1.68. The van der Waals surface area contributed by atoms with Crippen LogP contribution in [0.15, 0.2) is 55.0 Å². The number of rotatable bonds is 2. The standard InChI is InChI=1S/C17H15N5O/c1-22-10-13(9-19-22)11-4-2-5-12(8-11)15-20-16-14(17(23)21-15)6-3-7-18-16/h2-10,15H,1H3,(H,18,20)(H,21,23)/t15-/m1/s1. The number of anilines is 1. The molecule has 2 aromatic heterocycles. The van der Waals surface area contributed by atoms with E-state index in [4.69, 9.17) is 0 Å². The number of nitrogens with one attached hydrogen (secondary N) is 2. The Morgan fingerprint density at radius 1 is 1.13 bits per heavy atom. The van der Waals surface area contributed by atoms with Gasteiger partial charge in [0.05, 0.1) is 11.8 Å². The van der Waals surface area contributed by atoms with Crippen LogP contribution in [-0.4, -0.2) is 20.7 Å². The lowest BCUT2D eigenvalue weighted by atomic mass is 10.0. The summed E-state index contributed by atoms with van der Waals surface area (Å²) in [6, 6.07) is 11.5. The van der Waals surface area contributed by atoms with Crippen LogP contribution in [0.2, 0.25) is 0 Å². The van der Waals surface area contributed by atoms with Gasteiger partial charge >= 0.3 is 0 Å². The normalized spacial score (nSPS) is 16.4. The van der Waals surface area contributed by atoms with Gasteiger partial charge in [0, 0.05) is 25.0 Å². The van der Waals surface area contributed by atoms with Crippen molar-refractivity contribution in [3.63, 3.8) is 0 Å². The molecule has 3 aromatic rings. The van der Waals surface area contributed by atoms with Gasteiger partial charge in [-0.15, -0.1) is 0 Å². The number of carbonyl (C=O) groups is 1. The maximum Gasteiger partial charge on any atom is 0.256 e. The van der Waals surface area contributed by atoms with Crippen LogP contribution in [0.5, 0.6) is 0 Å². The summed E-state index contributed by atoms with van der Waals surface area (Å²) in [5, 5.41) is 10.4. The summed E-state index contributed by atoms with van der Waals surface area (Å²) in [5.41, 5.74) is 3.62. The fraction of sp³-hybridized carbons (Fsp3) is 0.118. The number of nitrogens with zero attached hydrogens (tertiary/aromatic N) is 3. The van der Waals surface area contributed by atoms with Crippen LogP contribution in [0, 0.1) is 0 Å². The molecule has 0 fully saturated rings. The van der Waals surface area contributed by atoms with E-state index in [1.54, 1.807) is 23.0 Å². The third-order valence-corrected chi connectivity index (χ3v) is 3.87. The lowest BCUT2D eigenvalue weighted by molar-refractivity contribution is 0.0935. The molecule has 0 saturated carbocycles. The van der Waals surface area contributed by atoms with E-state index in [0.29, 0.717) is 11.4 Å². The molecule has 6 nitrogen and oxygen atoms in total. The number of benzene rings is 1. The van der Waals surface area contributed by atoms with Crippen molar-refractivity contribution in [2.45, 2.75) is 6.17 Å². The number of hydrogen-bond donors (Lipinski definition) is 2. The maximum atomic E-state index is 12.2. The molecule has 3 heterocycles. The summed E-state index contributed by atoms with van der Waals surface area (Å²) in [6.45, 7) is 0. The number of carbonyl (C=O) groups excluding carboxylic acids is 1. The summed E-state index contributed by atoms with van der Waals surface area (Å²) in [6.07, 6.45) is 5.15. The van der Waals surface area contributed by atoms with Crippen LogP contribution < -0.4 is 10.6 Å². The van der Waals surface area contributed by atoms with Crippen molar-refractivity contribution in [3.05, 3.63) is 66.1 Å². The predicted octanol–water partition coefficient (Wildman–Crippen LogP) is 2.34. The van der Waals surface area contributed by atoms with Gasteiger partial charge in [0.1, 0.15) is 12.0 Å². The Hall–Kier alpha value is -3.15. The smallest absolute Gasteiger partial charge is 0.256 e. The Morgan fingerprint density at radius 2 is 2.04 bits per heavy atom. The molecular weight excluding hydrogens is 290 g/mol. The fourth-order valence-corrected chi connectivity index (χ4v) is 2.72. The van der Waals surface area contributed by atoms with Crippen LogP contribution in [0.3, 0.4) is 0 Å². The molecule has 0 saturated heterocycles. The molecule has 1 aliphatic heterocycles. The molecule has 114 valence electrons. The van der Waals surface area contributed by atoms with Gasteiger partial charge in [0.25, 0.3) is 5.91 Å². The van der Waals surface area contributed by atoms with E-state index in [9.17, 15) is 4.79 Å². The molecule has 0 unspecified atom stereocenters. The van der Waals surface area contributed by atoms with Gasteiger partial charge in [0.2, 0.25) is 0 Å². The largest absolute Gasteiger partial charge is 0.346 e. The van der Waals surface area contributed by atoms with Crippen LogP contribution in [0.4, 0.5) is 5.82 Å². The van der Waals surface area contributed by atoms with Gasteiger partial charge in [-0.2, -0.15) is 5.10 Å². The zero-order valence-corrected chi connectivity index (χ0v) is 12.5. The summed E-state index contributed by atoms with van der Waals surface area (Å²) in [5.74, 6) is 0.483. The van der Waals surface area contributed by atoms with Crippen molar-refractivity contribution in [2.24, 2.45) is 7.05 Å². The quantitative estimate of drug-likeness (QED) is 0.762. The third-order valence-electron chi connectivity index (χ3n) is 3.87. The third kappa shape index (κ3) is 2.44. The highest BCUT2D eigenvalue weighted by molar-refractivity contribution is 6.00. The van der Waals surface area contributed by atoms with Crippen molar-refractivity contribution in [1.29, 1.82) is 0 Å². The number of fused-ring (bicyclic) bond motifs is 1. The summed E-state index contributed by atoms with van der Waals surface area (Å²) in [4.78, 5) is 16.5. The molecule has 0 spiro atoms. The van der Waals surface area contributed by atoms with Crippen molar-refractivity contribution in [2.75, 3.05) is 5.32 Å². The number of pyridine rings is 1. The zero-order chi connectivity index (χ0) is 15.8. The number of aromatic nitrogens is 3. The molecule has 6 heteroatoms. The molecule has 23 heavy (non-hydrogen) atoms. The topological polar surface area (TPSA) is 71.8 Å². The minimum Gasteiger partial charge on any atom is -0.346 e. The van der Waals surface area contributed by atoms with Gasteiger partial charge in [-0.3, -0.25) is 9.48 Å². The molecule has 1 amide bonds. The number of hydrogen-bond acceptors (Lipinski definition) is 4. The van der Waals surface area contributed by atoms with Crippen LogP contribution in [0.25, 0.3) is 11.1 Å². The average Bonchev–Trinajstić information content (AvgIpc) is 3.01. The van der Waals surface area contributed by atoms with E-state index in [0.717, 1.165) is 16.7 Å². The molecule has 0 radical (unpaired) electrons. The molecule has 0 bridgehead atoms. The molecule has 1 aliphatic rings. The van der Waals surface area contributed by atoms with Crippen molar-refractivity contribution in [1.82, 2.24) is 20.1 Å². The second-order valence-electron chi connectivity index (χ2n) is 5.48. The first-order chi connectivity index (χ1) is 11.2. The molecule has 4 rings (SSSR count).